The Morgan fingerprint density at radius 3 is 1.35 bits per heavy atom. The molecule has 0 aromatic carbocycles. The van der Waals surface area contributed by atoms with Crippen LogP contribution >= 0.6 is 0 Å². The molecule has 0 aromatic heterocycles. The molecular weight excluding hydrogens is 732 g/mol. The Hall–Kier alpha value is -6.14. The van der Waals surface area contributed by atoms with E-state index in [9.17, 15) is 39.0 Å². The van der Waals surface area contributed by atoms with Crippen LogP contribution in [0.15, 0.2) is 94.9 Å². The predicted molar refractivity (Wildman–Crippen MR) is 175 cm³/mol. The summed E-state index contributed by atoms with van der Waals surface area (Å²) in [4.78, 5) is 75.9. The summed E-state index contributed by atoms with van der Waals surface area (Å²) in [6, 6.07) is 0. The standard InChI is InChI=1S/C37H38O18/c1-5-35(21-47-4)50-28(40)23(29(41)51-35)13-9-7-11-15-25-32(44)54-37(55-33(25)45)18-16-36(17-19-37)52-30(42)24(31(43)53-36)14-10-6-8-12-22-26(38)48-34(2,20-46-3)49-27(22)39/h6-15,38,40H,5,16-21H2,1-4H3/p-2/b10-6+,11-7+,12-8+,13-9+,24-14?,25-15?. The van der Waals surface area contributed by atoms with Gasteiger partial charge < -0.3 is 57.6 Å². The van der Waals surface area contributed by atoms with E-state index in [1.807, 2.05) is 0 Å². The average Bonchev–Trinajstić information content (AvgIpc) is 3.10. The van der Waals surface area contributed by atoms with Gasteiger partial charge in [0, 0.05) is 39.9 Å². The first-order valence-corrected chi connectivity index (χ1v) is 16.8. The third kappa shape index (κ3) is 8.81. The van der Waals surface area contributed by atoms with E-state index in [0.717, 1.165) is 24.3 Å². The molecule has 2 spiro atoms. The van der Waals surface area contributed by atoms with Crippen LogP contribution in [0.4, 0.5) is 0 Å². The predicted octanol–water partition coefficient (Wildman–Crippen LogP) is 0.637. The van der Waals surface area contributed by atoms with Crippen LogP contribution in [0.1, 0.15) is 46.0 Å². The molecule has 0 N–H and O–H groups in total. The number of ether oxygens (including phenoxy) is 10. The number of hydrogen-bond donors (Lipinski definition) is 0. The van der Waals surface area contributed by atoms with Gasteiger partial charge in [-0.05, 0) is 37.6 Å². The van der Waals surface area contributed by atoms with E-state index in [-0.39, 0.29) is 56.5 Å². The van der Waals surface area contributed by atoms with Crippen LogP contribution in [0.25, 0.3) is 0 Å². The van der Waals surface area contributed by atoms with Crippen LogP contribution in [-0.4, -0.2) is 86.4 Å². The number of carbonyl (C=O) groups is 6. The first-order valence-electron chi connectivity index (χ1n) is 16.8. The maximum Gasteiger partial charge on any atom is 0.348 e. The molecule has 3 fully saturated rings. The Kier molecular flexibility index (Phi) is 11.7. The maximum atomic E-state index is 12.8. The zero-order chi connectivity index (χ0) is 40.0. The highest BCUT2D eigenvalue weighted by Gasteiger charge is 2.56. The van der Waals surface area contributed by atoms with Crippen molar-refractivity contribution in [3.8, 4) is 0 Å². The van der Waals surface area contributed by atoms with Crippen LogP contribution in [0.2, 0.25) is 0 Å². The van der Waals surface area contributed by atoms with Crippen molar-refractivity contribution in [3.05, 3.63) is 94.9 Å². The number of carbonyl (C=O) groups excluding carboxylic acids is 6. The highest BCUT2D eigenvalue weighted by molar-refractivity contribution is 6.16. The SMILES string of the molecule is CCC1(COC)OC(=O)C(/C=C/C=C/C=C2C(=O)OC3(CCC4(CC3)OC(=O)C(=C/C=C/C=C/C3=C([O-])OC(C)(COC)OC3=O)C(=O)O4)OC2=O)=C([O-])O1. The van der Waals surface area contributed by atoms with E-state index < -0.39 is 82.0 Å². The van der Waals surface area contributed by atoms with Gasteiger partial charge >= 0.3 is 35.8 Å². The zero-order valence-electron chi connectivity index (χ0n) is 30.1. The smallest absolute Gasteiger partial charge is 0.348 e. The van der Waals surface area contributed by atoms with Gasteiger partial charge in [0.1, 0.15) is 11.1 Å². The molecule has 4 aliphatic heterocycles. The number of cyclic esters (lactones) is 2. The highest BCUT2D eigenvalue weighted by Crippen LogP contribution is 2.45. The first kappa shape index (κ1) is 40.1. The van der Waals surface area contributed by atoms with Gasteiger partial charge in [-0.2, -0.15) is 0 Å². The topological polar surface area (TPSA) is 241 Å². The van der Waals surface area contributed by atoms with Crippen LogP contribution < -0.4 is 10.2 Å². The molecule has 0 amide bonds. The van der Waals surface area contributed by atoms with E-state index in [4.69, 9.17) is 47.4 Å². The lowest BCUT2D eigenvalue weighted by atomic mass is 9.87. The zero-order valence-corrected chi connectivity index (χ0v) is 30.1. The summed E-state index contributed by atoms with van der Waals surface area (Å²) in [6.07, 6.45) is 11.8. The summed E-state index contributed by atoms with van der Waals surface area (Å²) in [7, 11) is 2.72. The lowest BCUT2D eigenvalue weighted by molar-refractivity contribution is -0.402. The van der Waals surface area contributed by atoms with Gasteiger partial charge in [-0.3, -0.25) is 0 Å². The quantitative estimate of drug-likeness (QED) is 0.0920. The lowest BCUT2D eigenvalue weighted by Gasteiger charge is -2.45. The molecule has 2 saturated heterocycles. The minimum atomic E-state index is -1.70. The number of hydrogen-bond acceptors (Lipinski definition) is 18. The number of rotatable bonds is 11. The largest absolute Gasteiger partial charge is 0.573 e. The molecule has 1 saturated carbocycles. The second-order valence-corrected chi connectivity index (χ2v) is 12.7. The molecule has 0 radical (unpaired) electrons. The Bertz CT molecular complexity index is 1840. The van der Waals surface area contributed by atoms with E-state index in [1.54, 1.807) is 6.92 Å². The summed E-state index contributed by atoms with van der Waals surface area (Å²) in [5, 5.41) is 24.6. The lowest BCUT2D eigenvalue weighted by Crippen LogP contribution is -2.56. The minimum absolute atomic E-state index is 0.138. The fourth-order valence-corrected chi connectivity index (χ4v) is 5.81. The summed E-state index contributed by atoms with van der Waals surface area (Å²) in [5.41, 5.74) is -1.65. The Morgan fingerprint density at radius 2 is 0.964 bits per heavy atom. The molecule has 2 unspecified atom stereocenters. The third-order valence-electron chi connectivity index (χ3n) is 8.63. The Labute approximate surface area is 313 Å². The van der Waals surface area contributed by atoms with E-state index >= 15 is 0 Å². The van der Waals surface area contributed by atoms with Crippen molar-refractivity contribution in [1.82, 2.24) is 0 Å². The van der Waals surface area contributed by atoms with Gasteiger partial charge in [0.25, 0.3) is 11.6 Å². The summed E-state index contributed by atoms with van der Waals surface area (Å²) in [5.74, 6) is -14.1. The van der Waals surface area contributed by atoms with Crippen molar-refractivity contribution >= 4 is 35.8 Å². The Balaban J connectivity index is 1.14. The molecule has 0 bridgehead atoms. The Morgan fingerprint density at radius 1 is 0.545 bits per heavy atom. The van der Waals surface area contributed by atoms with Crippen molar-refractivity contribution in [3.63, 3.8) is 0 Å². The molecule has 5 rings (SSSR count). The fraction of sp³-hybridized carbons (Fsp3) is 0.405. The van der Waals surface area contributed by atoms with E-state index in [1.165, 1.54) is 57.6 Å². The molecule has 55 heavy (non-hydrogen) atoms. The summed E-state index contributed by atoms with van der Waals surface area (Å²) >= 11 is 0. The summed E-state index contributed by atoms with van der Waals surface area (Å²) in [6.45, 7) is 2.73. The molecule has 0 aromatic rings. The second kappa shape index (κ2) is 16.1. The average molecular weight is 769 g/mol. The molecule has 294 valence electrons. The highest BCUT2D eigenvalue weighted by atomic mass is 16.8. The van der Waals surface area contributed by atoms with Crippen molar-refractivity contribution in [2.45, 2.75) is 69.1 Å². The molecule has 5 aliphatic rings. The van der Waals surface area contributed by atoms with Gasteiger partial charge in [-0.1, -0.05) is 43.4 Å². The van der Waals surface area contributed by atoms with Crippen molar-refractivity contribution in [2.75, 3.05) is 27.4 Å². The number of methoxy groups -OCH3 is 2. The van der Waals surface area contributed by atoms with Crippen LogP contribution in [0.3, 0.4) is 0 Å². The number of allylic oxidation sites excluding steroid dienone is 8. The van der Waals surface area contributed by atoms with E-state index in [0.29, 0.717) is 0 Å². The van der Waals surface area contributed by atoms with Crippen LogP contribution in [0.5, 0.6) is 0 Å². The monoisotopic (exact) mass is 768 g/mol. The van der Waals surface area contributed by atoms with Gasteiger partial charge in [-0.15, -0.1) is 0 Å². The molecule has 2 atom stereocenters. The first-order chi connectivity index (χ1) is 26.1. The molecular formula is C37H36O18-2. The van der Waals surface area contributed by atoms with Crippen LogP contribution in [-0.2, 0) is 76.1 Å². The van der Waals surface area contributed by atoms with Gasteiger partial charge in [0.2, 0.25) is 0 Å². The second-order valence-electron chi connectivity index (χ2n) is 12.7. The van der Waals surface area contributed by atoms with Crippen molar-refractivity contribution in [1.29, 1.82) is 0 Å². The fourth-order valence-electron chi connectivity index (χ4n) is 5.81. The summed E-state index contributed by atoms with van der Waals surface area (Å²) < 4.78 is 52.5. The van der Waals surface area contributed by atoms with Crippen LogP contribution in [0, 0.1) is 0 Å². The van der Waals surface area contributed by atoms with Gasteiger partial charge in [-0.25, -0.2) is 28.8 Å². The molecule has 18 heteroatoms. The van der Waals surface area contributed by atoms with E-state index in [2.05, 4.69) is 0 Å². The number of esters is 6. The van der Waals surface area contributed by atoms with Gasteiger partial charge in [0.15, 0.2) is 11.6 Å². The molecule has 4 heterocycles. The minimum Gasteiger partial charge on any atom is -0.573 e. The van der Waals surface area contributed by atoms with Crippen molar-refractivity contribution in [2.24, 2.45) is 0 Å². The third-order valence-corrected chi connectivity index (χ3v) is 8.63. The molecule has 18 nitrogen and oxygen atoms in total. The normalized spacial score (nSPS) is 30.1. The van der Waals surface area contributed by atoms with Crippen molar-refractivity contribution < 1.29 is 86.3 Å². The molecule has 1 aliphatic carbocycles. The maximum absolute atomic E-state index is 12.8. The van der Waals surface area contributed by atoms with Gasteiger partial charge in [0.05, 0.1) is 36.3 Å².